The summed E-state index contributed by atoms with van der Waals surface area (Å²) in [7, 11) is 3.79. The number of hydrogen-bond acceptors (Lipinski definition) is 4. The second-order valence-corrected chi connectivity index (χ2v) is 5.77. The van der Waals surface area contributed by atoms with Gasteiger partial charge in [-0.05, 0) is 12.1 Å². The van der Waals surface area contributed by atoms with E-state index in [4.69, 9.17) is 20.2 Å². The van der Waals surface area contributed by atoms with Crippen molar-refractivity contribution in [2.45, 2.75) is 30.9 Å². The molecule has 2 N–H and O–H groups in total. The standard InChI is InChI=1S/C16H23N3O2/c1-19-13-6-4-3-5-12(13)18-15(19)11-14(17)16(20-2)7-9-21-10-8-16/h3-6,14H,7-11,17H2,1-2H3. The second-order valence-electron chi connectivity index (χ2n) is 5.77. The quantitative estimate of drug-likeness (QED) is 0.929. The van der Waals surface area contributed by atoms with Crippen LogP contribution >= 0.6 is 0 Å². The first-order valence-corrected chi connectivity index (χ1v) is 7.45. The number of rotatable bonds is 4. The van der Waals surface area contributed by atoms with Crippen molar-refractivity contribution >= 4 is 11.0 Å². The van der Waals surface area contributed by atoms with Gasteiger partial charge in [-0.25, -0.2) is 4.98 Å². The zero-order chi connectivity index (χ0) is 14.9. The monoisotopic (exact) mass is 289 g/mol. The molecule has 1 unspecified atom stereocenters. The fourth-order valence-corrected chi connectivity index (χ4v) is 3.20. The Hall–Kier alpha value is -1.43. The number of nitrogens with two attached hydrogens (primary N) is 1. The highest BCUT2D eigenvalue weighted by Gasteiger charge is 2.39. The van der Waals surface area contributed by atoms with Crippen molar-refractivity contribution in [3.63, 3.8) is 0 Å². The minimum Gasteiger partial charge on any atom is -0.381 e. The van der Waals surface area contributed by atoms with Crippen LogP contribution in [0.1, 0.15) is 18.7 Å². The molecule has 1 aromatic heterocycles. The lowest BCUT2D eigenvalue weighted by molar-refractivity contribution is -0.104. The van der Waals surface area contributed by atoms with Gasteiger partial charge in [0.25, 0.3) is 0 Å². The topological polar surface area (TPSA) is 62.3 Å². The molecule has 21 heavy (non-hydrogen) atoms. The second kappa shape index (κ2) is 5.75. The summed E-state index contributed by atoms with van der Waals surface area (Å²) < 4.78 is 13.3. The number of ether oxygens (including phenoxy) is 2. The summed E-state index contributed by atoms with van der Waals surface area (Å²) in [6.07, 6.45) is 2.39. The van der Waals surface area contributed by atoms with Crippen LogP contribution < -0.4 is 5.73 Å². The minimum atomic E-state index is -0.295. The van der Waals surface area contributed by atoms with Crippen LogP contribution in [0, 0.1) is 0 Å². The fraction of sp³-hybridized carbons (Fsp3) is 0.562. The summed E-state index contributed by atoms with van der Waals surface area (Å²) in [6, 6.07) is 8.07. The zero-order valence-electron chi connectivity index (χ0n) is 12.7. The molecule has 2 aromatic rings. The summed E-state index contributed by atoms with van der Waals surface area (Å²) in [5.41, 5.74) is 8.34. The summed E-state index contributed by atoms with van der Waals surface area (Å²) in [5, 5.41) is 0. The molecule has 1 atom stereocenters. The Kier molecular flexibility index (Phi) is 3.97. The van der Waals surface area contributed by atoms with Gasteiger partial charge in [0.2, 0.25) is 0 Å². The molecule has 0 amide bonds. The van der Waals surface area contributed by atoms with Crippen molar-refractivity contribution in [2.24, 2.45) is 12.8 Å². The molecular formula is C16H23N3O2. The maximum Gasteiger partial charge on any atom is 0.111 e. The molecule has 5 heteroatoms. The van der Waals surface area contributed by atoms with Crippen LogP contribution in [0.15, 0.2) is 24.3 Å². The van der Waals surface area contributed by atoms with Crippen LogP contribution in [0.25, 0.3) is 11.0 Å². The first-order chi connectivity index (χ1) is 10.2. The molecular weight excluding hydrogens is 266 g/mol. The fourth-order valence-electron chi connectivity index (χ4n) is 3.20. The molecule has 5 nitrogen and oxygen atoms in total. The predicted molar refractivity (Wildman–Crippen MR) is 82.2 cm³/mol. The van der Waals surface area contributed by atoms with Crippen molar-refractivity contribution in [1.82, 2.24) is 9.55 Å². The molecule has 1 saturated heterocycles. The Morgan fingerprint density at radius 1 is 1.38 bits per heavy atom. The molecule has 0 aliphatic carbocycles. The molecule has 114 valence electrons. The average molecular weight is 289 g/mol. The summed E-state index contributed by atoms with van der Waals surface area (Å²) in [6.45, 7) is 1.42. The number of nitrogens with zero attached hydrogens (tertiary/aromatic N) is 2. The molecule has 0 spiro atoms. The molecule has 2 heterocycles. The number of aromatic nitrogens is 2. The number of imidazole rings is 1. The van der Waals surface area contributed by atoms with E-state index in [0.717, 1.165) is 29.7 Å². The Labute approximate surface area is 125 Å². The molecule has 1 aliphatic rings. The highest BCUT2D eigenvalue weighted by molar-refractivity contribution is 5.75. The number of aryl methyl sites for hydroxylation is 1. The lowest BCUT2D eigenvalue weighted by Crippen LogP contribution is -2.54. The maximum atomic E-state index is 6.48. The Balaban J connectivity index is 1.85. The SMILES string of the molecule is COC1(C(N)Cc2nc3ccccc3n2C)CCOCC1. The molecule has 1 aliphatic heterocycles. The van der Waals surface area contributed by atoms with Crippen molar-refractivity contribution in [1.29, 1.82) is 0 Å². The third-order valence-electron chi connectivity index (χ3n) is 4.70. The molecule has 0 saturated carbocycles. The van der Waals surface area contributed by atoms with E-state index in [1.165, 1.54) is 0 Å². The molecule has 0 bridgehead atoms. The van der Waals surface area contributed by atoms with Gasteiger partial charge in [0, 0.05) is 52.7 Å². The number of para-hydroxylation sites is 2. The number of methoxy groups -OCH3 is 1. The van der Waals surface area contributed by atoms with Crippen LogP contribution in [0.4, 0.5) is 0 Å². The smallest absolute Gasteiger partial charge is 0.111 e. The van der Waals surface area contributed by atoms with E-state index in [2.05, 4.69) is 10.6 Å². The zero-order valence-corrected chi connectivity index (χ0v) is 12.7. The number of fused-ring (bicyclic) bond motifs is 1. The lowest BCUT2D eigenvalue weighted by atomic mass is 9.84. The third kappa shape index (κ3) is 2.57. The summed E-state index contributed by atoms with van der Waals surface area (Å²) in [4.78, 5) is 4.71. The van der Waals surface area contributed by atoms with E-state index >= 15 is 0 Å². The van der Waals surface area contributed by atoms with Gasteiger partial charge < -0.3 is 19.8 Å². The van der Waals surface area contributed by atoms with Gasteiger partial charge in [0.05, 0.1) is 16.6 Å². The first-order valence-electron chi connectivity index (χ1n) is 7.45. The first kappa shape index (κ1) is 14.5. The van der Waals surface area contributed by atoms with Gasteiger partial charge in [-0.1, -0.05) is 12.1 Å². The van der Waals surface area contributed by atoms with Crippen LogP contribution in [-0.2, 0) is 22.9 Å². The summed E-state index contributed by atoms with van der Waals surface area (Å²) >= 11 is 0. The number of benzene rings is 1. The third-order valence-corrected chi connectivity index (χ3v) is 4.70. The van der Waals surface area contributed by atoms with Crippen molar-refractivity contribution in [2.75, 3.05) is 20.3 Å². The minimum absolute atomic E-state index is 0.0816. The van der Waals surface area contributed by atoms with Gasteiger partial charge in [0.15, 0.2) is 0 Å². The molecule has 1 aromatic carbocycles. The van der Waals surface area contributed by atoms with Crippen LogP contribution in [-0.4, -0.2) is 41.5 Å². The van der Waals surface area contributed by atoms with Gasteiger partial charge in [0.1, 0.15) is 5.82 Å². The van der Waals surface area contributed by atoms with Crippen LogP contribution in [0.3, 0.4) is 0 Å². The highest BCUT2D eigenvalue weighted by atomic mass is 16.5. The van der Waals surface area contributed by atoms with E-state index in [9.17, 15) is 0 Å². The highest BCUT2D eigenvalue weighted by Crippen LogP contribution is 2.29. The van der Waals surface area contributed by atoms with Crippen LogP contribution in [0.2, 0.25) is 0 Å². The van der Waals surface area contributed by atoms with Crippen LogP contribution in [0.5, 0.6) is 0 Å². The average Bonchev–Trinajstić information content (AvgIpc) is 2.84. The molecule has 3 rings (SSSR count). The molecule has 1 fully saturated rings. The van der Waals surface area contributed by atoms with Gasteiger partial charge >= 0.3 is 0 Å². The predicted octanol–water partition coefficient (Wildman–Crippen LogP) is 1.64. The van der Waals surface area contributed by atoms with Gasteiger partial charge in [-0.15, -0.1) is 0 Å². The van der Waals surface area contributed by atoms with E-state index < -0.39 is 0 Å². The largest absolute Gasteiger partial charge is 0.381 e. The van der Waals surface area contributed by atoms with Crippen molar-refractivity contribution in [3.8, 4) is 0 Å². The maximum absolute atomic E-state index is 6.48. The normalized spacial score (nSPS) is 19.8. The van der Waals surface area contributed by atoms with E-state index in [1.807, 2.05) is 25.2 Å². The Morgan fingerprint density at radius 2 is 2.10 bits per heavy atom. The van der Waals surface area contributed by atoms with Crippen molar-refractivity contribution < 1.29 is 9.47 Å². The van der Waals surface area contributed by atoms with Crippen molar-refractivity contribution in [3.05, 3.63) is 30.1 Å². The van der Waals surface area contributed by atoms with Gasteiger partial charge in [-0.2, -0.15) is 0 Å². The number of hydrogen-bond donors (Lipinski definition) is 1. The van der Waals surface area contributed by atoms with E-state index in [0.29, 0.717) is 19.6 Å². The molecule has 0 radical (unpaired) electrons. The Morgan fingerprint density at radius 3 is 2.76 bits per heavy atom. The Bertz CT molecular complexity index is 617. The summed E-state index contributed by atoms with van der Waals surface area (Å²) in [5.74, 6) is 1.01. The van der Waals surface area contributed by atoms with E-state index in [-0.39, 0.29) is 11.6 Å². The van der Waals surface area contributed by atoms with E-state index in [1.54, 1.807) is 7.11 Å². The lowest BCUT2D eigenvalue weighted by Gasteiger charge is -2.40. The van der Waals surface area contributed by atoms with Gasteiger partial charge in [-0.3, -0.25) is 0 Å².